The van der Waals surface area contributed by atoms with Gasteiger partial charge in [0.2, 0.25) is 5.76 Å². The topological polar surface area (TPSA) is 59.8 Å². The van der Waals surface area contributed by atoms with E-state index in [2.05, 4.69) is 0 Å². The van der Waals surface area contributed by atoms with Crippen molar-refractivity contribution >= 4 is 16.9 Å². The van der Waals surface area contributed by atoms with E-state index in [1.807, 2.05) is 54.6 Å². The molecule has 1 aliphatic rings. The molecular weight excluding hydrogens is 390 g/mol. The largest absolute Gasteiger partial charge is 0.497 e. The van der Waals surface area contributed by atoms with Gasteiger partial charge in [-0.25, -0.2) is 0 Å². The van der Waals surface area contributed by atoms with Crippen LogP contribution in [-0.4, -0.2) is 24.5 Å². The lowest BCUT2D eigenvalue weighted by Gasteiger charge is -2.25. The van der Waals surface area contributed by atoms with Crippen molar-refractivity contribution in [3.8, 4) is 5.75 Å². The average molecular weight is 411 g/mol. The van der Waals surface area contributed by atoms with E-state index in [1.54, 1.807) is 36.3 Å². The maximum atomic E-state index is 13.5. The lowest BCUT2D eigenvalue weighted by molar-refractivity contribution is 0.0730. The van der Waals surface area contributed by atoms with E-state index >= 15 is 0 Å². The molecule has 0 spiro atoms. The molecule has 5 heteroatoms. The van der Waals surface area contributed by atoms with E-state index in [9.17, 15) is 9.59 Å². The lowest BCUT2D eigenvalue weighted by Crippen LogP contribution is -2.31. The number of benzene rings is 3. The first-order valence-corrected chi connectivity index (χ1v) is 10.2. The van der Waals surface area contributed by atoms with E-state index in [0.717, 1.165) is 11.1 Å². The van der Waals surface area contributed by atoms with Gasteiger partial charge in [-0.2, -0.15) is 0 Å². The summed E-state index contributed by atoms with van der Waals surface area (Å²) in [5.74, 6) is 0.540. The molecule has 0 aliphatic carbocycles. The summed E-state index contributed by atoms with van der Waals surface area (Å²) in [4.78, 5) is 28.6. The van der Waals surface area contributed by atoms with Crippen LogP contribution in [0.5, 0.6) is 5.75 Å². The maximum absolute atomic E-state index is 13.5. The van der Waals surface area contributed by atoms with Crippen molar-refractivity contribution in [3.63, 3.8) is 0 Å². The fourth-order valence-corrected chi connectivity index (χ4v) is 4.25. The number of nitrogens with zero attached hydrogens (tertiary/aromatic N) is 1. The maximum Gasteiger partial charge on any atom is 0.290 e. The quantitative estimate of drug-likeness (QED) is 0.482. The molecule has 2 heterocycles. The van der Waals surface area contributed by atoms with Crippen LogP contribution >= 0.6 is 0 Å². The summed E-state index contributed by atoms with van der Waals surface area (Å²) in [5, 5.41) is 0.479. The normalized spacial score (nSPS) is 15.3. The van der Waals surface area contributed by atoms with Gasteiger partial charge in [0.25, 0.3) is 5.91 Å². The van der Waals surface area contributed by atoms with Crippen LogP contribution in [0, 0.1) is 0 Å². The summed E-state index contributed by atoms with van der Waals surface area (Å²) in [7, 11) is 1.60. The second-order valence-electron chi connectivity index (χ2n) is 7.58. The molecule has 154 valence electrons. The Bertz CT molecular complexity index is 1330. The smallest absolute Gasteiger partial charge is 0.290 e. The predicted molar refractivity (Wildman–Crippen MR) is 119 cm³/mol. The fraction of sp³-hybridized carbons (Fsp3) is 0.154. The number of hydrogen-bond donors (Lipinski definition) is 0. The van der Waals surface area contributed by atoms with Crippen LogP contribution in [-0.2, 0) is 6.42 Å². The van der Waals surface area contributed by atoms with Crippen molar-refractivity contribution < 1.29 is 13.9 Å². The van der Waals surface area contributed by atoms with E-state index < -0.39 is 6.04 Å². The van der Waals surface area contributed by atoms with E-state index in [1.165, 1.54) is 0 Å². The highest BCUT2D eigenvalue weighted by molar-refractivity contribution is 5.99. The summed E-state index contributed by atoms with van der Waals surface area (Å²) >= 11 is 0. The molecule has 1 atom stereocenters. The number of methoxy groups -OCH3 is 1. The second kappa shape index (κ2) is 7.76. The summed E-state index contributed by atoms with van der Waals surface area (Å²) < 4.78 is 11.4. The first-order chi connectivity index (χ1) is 15.2. The van der Waals surface area contributed by atoms with Crippen molar-refractivity contribution in [2.24, 2.45) is 0 Å². The highest BCUT2D eigenvalue weighted by atomic mass is 16.5. The molecule has 1 aliphatic heterocycles. The van der Waals surface area contributed by atoms with Crippen LogP contribution < -0.4 is 10.2 Å². The molecule has 4 aromatic rings. The molecule has 31 heavy (non-hydrogen) atoms. The SMILES string of the molecule is COc1cccc([C@@H]2c3c(oc4ccccc4c3=O)C(=O)N2CCc2ccccc2)c1. The molecule has 5 rings (SSSR count). The Labute approximate surface area is 179 Å². The van der Waals surface area contributed by atoms with Crippen molar-refractivity contribution in [1.29, 1.82) is 0 Å². The minimum Gasteiger partial charge on any atom is -0.497 e. The number of carbonyl (C=O) groups is 1. The minimum absolute atomic E-state index is 0.129. The molecule has 1 aromatic heterocycles. The molecular formula is C26H21NO4. The highest BCUT2D eigenvalue weighted by Crippen LogP contribution is 2.39. The average Bonchev–Trinajstić information content (AvgIpc) is 3.10. The van der Waals surface area contributed by atoms with Crippen molar-refractivity contribution in [3.05, 3.63) is 112 Å². The van der Waals surface area contributed by atoms with Gasteiger partial charge in [0.05, 0.1) is 24.1 Å². The van der Waals surface area contributed by atoms with Crippen LogP contribution in [0.3, 0.4) is 0 Å². The first-order valence-electron chi connectivity index (χ1n) is 10.2. The summed E-state index contributed by atoms with van der Waals surface area (Å²) in [6.45, 7) is 0.463. The molecule has 5 nitrogen and oxygen atoms in total. The predicted octanol–water partition coefficient (Wildman–Crippen LogP) is 4.59. The minimum atomic E-state index is -0.526. The molecule has 0 N–H and O–H groups in total. The third-order valence-electron chi connectivity index (χ3n) is 5.77. The number of rotatable bonds is 5. The fourth-order valence-electron chi connectivity index (χ4n) is 4.25. The van der Waals surface area contributed by atoms with Gasteiger partial charge in [-0.05, 0) is 41.8 Å². The monoisotopic (exact) mass is 411 g/mol. The van der Waals surface area contributed by atoms with Crippen molar-refractivity contribution in [2.75, 3.05) is 13.7 Å². The Morgan fingerprint density at radius 1 is 0.935 bits per heavy atom. The van der Waals surface area contributed by atoms with Crippen molar-refractivity contribution in [2.45, 2.75) is 12.5 Å². The van der Waals surface area contributed by atoms with Gasteiger partial charge in [0, 0.05) is 6.54 Å². The Kier molecular flexibility index (Phi) is 4.79. The lowest BCUT2D eigenvalue weighted by atomic mass is 9.98. The standard InChI is InChI=1S/C26H21NO4/c1-30-19-11-7-10-18(16-19)23-22-24(28)20-12-5-6-13-21(20)31-25(22)26(29)27(23)15-14-17-8-3-2-4-9-17/h2-13,16,23H,14-15H2,1H3/t23-/m1/s1. The molecule has 0 fully saturated rings. The zero-order valence-corrected chi connectivity index (χ0v) is 17.1. The molecule has 0 bridgehead atoms. The van der Waals surface area contributed by atoms with Gasteiger partial charge in [-0.1, -0.05) is 54.6 Å². The Morgan fingerprint density at radius 3 is 2.52 bits per heavy atom. The van der Waals surface area contributed by atoms with Crippen LogP contribution in [0.25, 0.3) is 11.0 Å². The second-order valence-corrected chi connectivity index (χ2v) is 7.58. The van der Waals surface area contributed by atoms with Gasteiger partial charge < -0.3 is 14.1 Å². The van der Waals surface area contributed by atoms with Crippen LogP contribution in [0.1, 0.15) is 33.3 Å². The van der Waals surface area contributed by atoms with Gasteiger partial charge in [0.1, 0.15) is 11.3 Å². The number of carbonyl (C=O) groups excluding carboxylic acids is 1. The van der Waals surface area contributed by atoms with Gasteiger partial charge in [-0.3, -0.25) is 9.59 Å². The molecule has 0 saturated heterocycles. The number of ether oxygens (including phenoxy) is 1. The Balaban J connectivity index is 1.65. The molecule has 0 unspecified atom stereocenters. The number of hydrogen-bond acceptors (Lipinski definition) is 4. The van der Waals surface area contributed by atoms with E-state index in [-0.39, 0.29) is 17.1 Å². The molecule has 0 radical (unpaired) electrons. The van der Waals surface area contributed by atoms with Gasteiger partial charge >= 0.3 is 0 Å². The van der Waals surface area contributed by atoms with Crippen LogP contribution in [0.15, 0.2) is 88.1 Å². The van der Waals surface area contributed by atoms with Gasteiger partial charge in [-0.15, -0.1) is 0 Å². The molecule has 3 aromatic carbocycles. The molecule has 1 amide bonds. The Morgan fingerprint density at radius 2 is 1.71 bits per heavy atom. The van der Waals surface area contributed by atoms with Gasteiger partial charge in [0.15, 0.2) is 5.43 Å². The van der Waals surface area contributed by atoms with Crippen molar-refractivity contribution in [1.82, 2.24) is 4.90 Å². The third-order valence-corrected chi connectivity index (χ3v) is 5.77. The number of fused-ring (bicyclic) bond motifs is 2. The zero-order chi connectivity index (χ0) is 21.4. The van der Waals surface area contributed by atoms with Crippen LogP contribution in [0.2, 0.25) is 0 Å². The highest BCUT2D eigenvalue weighted by Gasteiger charge is 2.42. The van der Waals surface area contributed by atoms with Crippen LogP contribution in [0.4, 0.5) is 0 Å². The van der Waals surface area contributed by atoms with E-state index in [0.29, 0.717) is 35.2 Å². The number of amides is 1. The summed E-state index contributed by atoms with van der Waals surface area (Å²) in [6, 6.07) is 24.0. The molecule has 0 saturated carbocycles. The third kappa shape index (κ3) is 3.28. The van der Waals surface area contributed by atoms with E-state index in [4.69, 9.17) is 9.15 Å². The number of para-hydroxylation sites is 1. The Hall–Kier alpha value is -3.86. The summed E-state index contributed by atoms with van der Waals surface area (Å²) in [6.07, 6.45) is 0.675. The summed E-state index contributed by atoms with van der Waals surface area (Å²) in [5.41, 5.74) is 2.60. The first kappa shape index (κ1) is 19.1. The zero-order valence-electron chi connectivity index (χ0n) is 17.1.